The van der Waals surface area contributed by atoms with Gasteiger partial charge in [0.05, 0.1) is 23.5 Å². The maximum absolute atomic E-state index is 5.27. The molecule has 5 nitrogen and oxygen atoms in total. The summed E-state index contributed by atoms with van der Waals surface area (Å²) in [5.74, 6) is 0.749. The summed E-state index contributed by atoms with van der Waals surface area (Å²) < 4.78 is 6.40. The zero-order valence-electron chi connectivity index (χ0n) is 14.6. The van der Waals surface area contributed by atoms with Gasteiger partial charge in [-0.15, -0.1) is 0 Å². The van der Waals surface area contributed by atoms with E-state index in [1.54, 1.807) is 24.6 Å². The largest absolute Gasteiger partial charge is 0.495 e. The Hall–Kier alpha value is -3.38. The minimum Gasteiger partial charge on any atom is -0.495 e. The number of pyridine rings is 1. The lowest BCUT2D eigenvalue weighted by atomic mass is 10.1. The number of nitrogens with one attached hydrogen (secondary N) is 2. The molecule has 0 saturated heterocycles. The molecule has 0 bridgehead atoms. The number of benzene rings is 2. The molecule has 0 aliphatic heterocycles. The number of H-pyrrole nitrogens is 1. The van der Waals surface area contributed by atoms with Crippen molar-refractivity contribution in [2.75, 3.05) is 12.4 Å². The van der Waals surface area contributed by atoms with E-state index in [9.17, 15) is 0 Å². The summed E-state index contributed by atoms with van der Waals surface area (Å²) in [6, 6.07) is 16.5. The summed E-state index contributed by atoms with van der Waals surface area (Å²) in [6.07, 6.45) is 5.50. The molecule has 0 aliphatic carbocycles. The number of hydrogen-bond acceptors (Lipinski definition) is 5. The standard InChI is InChI=1S/C21H16N4OS/c1-26-17-9-15(11-22-12-17)13-2-4-19-20(10-13)27-21(25-19)24-16-3-5-18-14(8-16)6-7-23-18/h2-12,23H,1H3,(H,24,25). The Morgan fingerprint density at radius 3 is 2.89 bits per heavy atom. The number of rotatable bonds is 4. The predicted octanol–water partition coefficient (Wildman–Crippen LogP) is 5.59. The summed E-state index contributed by atoms with van der Waals surface area (Å²) in [5.41, 5.74) is 5.25. The Bertz CT molecular complexity index is 1260. The number of aromatic nitrogens is 3. The molecule has 0 fully saturated rings. The van der Waals surface area contributed by atoms with Crippen LogP contribution in [0.5, 0.6) is 5.75 Å². The van der Waals surface area contributed by atoms with Crippen molar-refractivity contribution in [2.45, 2.75) is 0 Å². The number of nitrogens with zero attached hydrogens (tertiary/aromatic N) is 2. The van der Waals surface area contributed by atoms with Crippen LogP contribution in [0.2, 0.25) is 0 Å². The number of ether oxygens (including phenoxy) is 1. The Balaban J connectivity index is 1.47. The molecule has 0 amide bonds. The second-order valence-electron chi connectivity index (χ2n) is 6.22. The van der Waals surface area contributed by atoms with E-state index in [4.69, 9.17) is 9.72 Å². The molecule has 0 radical (unpaired) electrons. The third-order valence-electron chi connectivity index (χ3n) is 4.48. The molecule has 6 heteroatoms. The van der Waals surface area contributed by atoms with Gasteiger partial charge < -0.3 is 15.0 Å². The van der Waals surface area contributed by atoms with Crippen molar-refractivity contribution in [1.82, 2.24) is 15.0 Å². The lowest BCUT2D eigenvalue weighted by molar-refractivity contribution is 0.413. The van der Waals surface area contributed by atoms with Gasteiger partial charge in [-0.3, -0.25) is 4.98 Å². The van der Waals surface area contributed by atoms with Crippen LogP contribution in [-0.2, 0) is 0 Å². The zero-order chi connectivity index (χ0) is 18.2. The lowest BCUT2D eigenvalue weighted by Crippen LogP contribution is -1.88. The van der Waals surface area contributed by atoms with Gasteiger partial charge in [-0.05, 0) is 48.0 Å². The molecule has 27 heavy (non-hydrogen) atoms. The molecule has 2 aromatic carbocycles. The summed E-state index contributed by atoms with van der Waals surface area (Å²) in [7, 11) is 1.65. The van der Waals surface area contributed by atoms with E-state index >= 15 is 0 Å². The third kappa shape index (κ3) is 3.00. The van der Waals surface area contributed by atoms with E-state index in [0.29, 0.717) is 0 Å². The average molecular weight is 372 g/mol. The number of anilines is 2. The SMILES string of the molecule is COc1cncc(-c2ccc3nc(Nc4ccc5[nH]ccc5c4)sc3c2)c1. The highest BCUT2D eigenvalue weighted by molar-refractivity contribution is 7.22. The molecule has 0 spiro atoms. The van der Waals surface area contributed by atoms with E-state index in [0.717, 1.165) is 43.4 Å². The lowest BCUT2D eigenvalue weighted by Gasteiger charge is -2.03. The first kappa shape index (κ1) is 15.8. The van der Waals surface area contributed by atoms with Gasteiger partial charge in [0, 0.05) is 34.5 Å². The number of fused-ring (bicyclic) bond motifs is 2. The van der Waals surface area contributed by atoms with E-state index in [-0.39, 0.29) is 0 Å². The van der Waals surface area contributed by atoms with Gasteiger partial charge in [-0.1, -0.05) is 17.4 Å². The van der Waals surface area contributed by atoms with Gasteiger partial charge in [-0.2, -0.15) is 0 Å². The van der Waals surface area contributed by atoms with E-state index in [1.165, 1.54) is 5.39 Å². The first-order valence-corrected chi connectivity index (χ1v) is 9.34. The van der Waals surface area contributed by atoms with Crippen LogP contribution in [0.15, 0.2) is 67.1 Å². The van der Waals surface area contributed by atoms with Crippen molar-refractivity contribution < 1.29 is 4.74 Å². The molecular formula is C21H16N4OS. The minimum atomic E-state index is 0.749. The van der Waals surface area contributed by atoms with Crippen molar-refractivity contribution in [1.29, 1.82) is 0 Å². The van der Waals surface area contributed by atoms with Crippen LogP contribution in [0.25, 0.3) is 32.2 Å². The highest BCUT2D eigenvalue weighted by atomic mass is 32.1. The molecule has 0 aliphatic rings. The van der Waals surface area contributed by atoms with Gasteiger partial charge in [0.15, 0.2) is 5.13 Å². The van der Waals surface area contributed by atoms with E-state index < -0.39 is 0 Å². The maximum Gasteiger partial charge on any atom is 0.188 e. The van der Waals surface area contributed by atoms with Gasteiger partial charge in [0.2, 0.25) is 0 Å². The molecule has 2 N–H and O–H groups in total. The first-order chi connectivity index (χ1) is 13.3. The van der Waals surface area contributed by atoms with Crippen molar-refractivity contribution in [3.63, 3.8) is 0 Å². The molecular weight excluding hydrogens is 356 g/mol. The van der Waals surface area contributed by atoms with Crippen LogP contribution in [0.1, 0.15) is 0 Å². The topological polar surface area (TPSA) is 62.8 Å². The zero-order valence-corrected chi connectivity index (χ0v) is 15.4. The number of aromatic amines is 1. The van der Waals surface area contributed by atoms with Gasteiger partial charge in [-0.25, -0.2) is 4.98 Å². The highest BCUT2D eigenvalue weighted by Crippen LogP contribution is 2.33. The molecule has 5 rings (SSSR count). The normalized spacial score (nSPS) is 11.1. The second kappa shape index (κ2) is 6.41. The Kier molecular flexibility index (Phi) is 3.76. The Labute approximate surface area is 159 Å². The molecule has 5 aromatic rings. The smallest absolute Gasteiger partial charge is 0.188 e. The molecule has 0 atom stereocenters. The predicted molar refractivity (Wildman–Crippen MR) is 111 cm³/mol. The van der Waals surface area contributed by atoms with Crippen LogP contribution in [0.4, 0.5) is 10.8 Å². The fourth-order valence-electron chi connectivity index (χ4n) is 3.10. The van der Waals surface area contributed by atoms with Gasteiger partial charge in [0.25, 0.3) is 0 Å². The summed E-state index contributed by atoms with van der Waals surface area (Å²) in [4.78, 5) is 12.2. The second-order valence-corrected chi connectivity index (χ2v) is 7.25. The van der Waals surface area contributed by atoms with Crippen molar-refractivity contribution in [2.24, 2.45) is 0 Å². The quantitative estimate of drug-likeness (QED) is 0.431. The Morgan fingerprint density at radius 2 is 1.96 bits per heavy atom. The molecule has 0 saturated carbocycles. The third-order valence-corrected chi connectivity index (χ3v) is 5.41. The number of methoxy groups -OCH3 is 1. The van der Waals surface area contributed by atoms with Crippen molar-refractivity contribution >= 4 is 43.3 Å². The van der Waals surface area contributed by atoms with Crippen LogP contribution in [0, 0.1) is 0 Å². The summed E-state index contributed by atoms with van der Waals surface area (Å²) in [6.45, 7) is 0. The van der Waals surface area contributed by atoms with E-state index in [2.05, 4.69) is 51.7 Å². The van der Waals surface area contributed by atoms with Crippen LogP contribution >= 0.6 is 11.3 Å². The maximum atomic E-state index is 5.27. The minimum absolute atomic E-state index is 0.749. The van der Waals surface area contributed by atoms with Crippen molar-refractivity contribution in [3.8, 4) is 16.9 Å². The summed E-state index contributed by atoms with van der Waals surface area (Å²) >= 11 is 1.64. The summed E-state index contributed by atoms with van der Waals surface area (Å²) in [5, 5.41) is 5.46. The molecule has 3 aromatic heterocycles. The fourth-order valence-corrected chi connectivity index (χ4v) is 4.03. The number of thiazole rings is 1. The molecule has 3 heterocycles. The van der Waals surface area contributed by atoms with Crippen LogP contribution in [-0.4, -0.2) is 22.1 Å². The average Bonchev–Trinajstić information content (AvgIpc) is 3.33. The van der Waals surface area contributed by atoms with Crippen molar-refractivity contribution in [3.05, 3.63) is 67.1 Å². The first-order valence-electron chi connectivity index (χ1n) is 8.53. The highest BCUT2D eigenvalue weighted by Gasteiger charge is 2.08. The number of hydrogen-bond donors (Lipinski definition) is 2. The monoisotopic (exact) mass is 372 g/mol. The fraction of sp³-hybridized carbons (Fsp3) is 0.0476. The van der Waals surface area contributed by atoms with Gasteiger partial charge in [0.1, 0.15) is 5.75 Å². The van der Waals surface area contributed by atoms with Gasteiger partial charge >= 0.3 is 0 Å². The molecule has 132 valence electrons. The van der Waals surface area contributed by atoms with Crippen LogP contribution < -0.4 is 10.1 Å². The molecule has 0 unspecified atom stereocenters. The van der Waals surface area contributed by atoms with Crippen LogP contribution in [0.3, 0.4) is 0 Å². The Morgan fingerprint density at radius 1 is 1.00 bits per heavy atom. The van der Waals surface area contributed by atoms with E-state index in [1.807, 2.05) is 24.5 Å².